The van der Waals surface area contributed by atoms with Gasteiger partial charge in [0.25, 0.3) is 0 Å². The maximum Gasteiger partial charge on any atom is 0.418 e. The van der Waals surface area contributed by atoms with Gasteiger partial charge in [0.2, 0.25) is 0 Å². The van der Waals surface area contributed by atoms with Crippen LogP contribution in [0.25, 0.3) is 0 Å². The van der Waals surface area contributed by atoms with Gasteiger partial charge in [0.15, 0.2) is 9.84 Å². The van der Waals surface area contributed by atoms with E-state index in [9.17, 15) is 30.8 Å². The number of sulfone groups is 1. The number of urea groups is 1. The molecular formula is C21H20F4N2O3S. The Labute approximate surface area is 177 Å². The van der Waals surface area contributed by atoms with Crippen LogP contribution in [0, 0.1) is 5.82 Å². The Bertz CT molecular complexity index is 1070. The fourth-order valence-electron chi connectivity index (χ4n) is 4.55. The number of piperidine rings is 1. The van der Waals surface area contributed by atoms with Gasteiger partial charge in [0.1, 0.15) is 5.82 Å². The first kappa shape index (κ1) is 21.6. The zero-order valence-corrected chi connectivity index (χ0v) is 17.1. The van der Waals surface area contributed by atoms with E-state index >= 15 is 0 Å². The van der Waals surface area contributed by atoms with E-state index in [0.29, 0.717) is 12.8 Å². The molecule has 31 heavy (non-hydrogen) atoms. The number of nitrogens with one attached hydrogen (secondary N) is 1. The number of alkyl halides is 3. The maximum atomic E-state index is 13.2. The monoisotopic (exact) mass is 456 g/mol. The molecule has 2 aromatic rings. The second-order valence-corrected chi connectivity index (χ2v) is 10.1. The Balaban J connectivity index is 1.52. The normalized spacial score (nSPS) is 23.6. The van der Waals surface area contributed by atoms with Crippen LogP contribution in [-0.4, -0.2) is 36.7 Å². The lowest BCUT2D eigenvalue weighted by molar-refractivity contribution is -0.136. The van der Waals surface area contributed by atoms with E-state index in [-0.39, 0.29) is 23.4 Å². The number of hydrogen-bond acceptors (Lipinski definition) is 3. The fourth-order valence-corrected chi connectivity index (χ4v) is 6.40. The Morgan fingerprint density at radius 2 is 1.55 bits per heavy atom. The highest BCUT2D eigenvalue weighted by Crippen LogP contribution is 2.41. The van der Waals surface area contributed by atoms with E-state index in [1.807, 2.05) is 0 Å². The van der Waals surface area contributed by atoms with Crippen LogP contribution in [0.5, 0.6) is 0 Å². The number of rotatable bonds is 3. The molecule has 0 aliphatic carbocycles. The lowest BCUT2D eigenvalue weighted by Gasteiger charge is -2.38. The van der Waals surface area contributed by atoms with Crippen LogP contribution in [0.2, 0.25) is 0 Å². The molecule has 0 radical (unpaired) electrons. The number of fused-ring (bicyclic) bond motifs is 2. The van der Waals surface area contributed by atoms with Gasteiger partial charge in [-0.3, -0.25) is 0 Å². The highest BCUT2D eigenvalue weighted by atomic mass is 32.2. The summed E-state index contributed by atoms with van der Waals surface area (Å²) in [6.07, 6.45) is -3.09. The first-order chi connectivity index (χ1) is 14.6. The van der Waals surface area contributed by atoms with Crippen molar-refractivity contribution < 1.29 is 30.8 Å². The average Bonchev–Trinajstić information content (AvgIpc) is 2.97. The van der Waals surface area contributed by atoms with E-state index in [2.05, 4.69) is 5.32 Å². The molecule has 2 aliphatic heterocycles. The first-order valence-electron chi connectivity index (χ1n) is 9.82. The highest BCUT2D eigenvalue weighted by molar-refractivity contribution is 7.92. The lowest BCUT2D eigenvalue weighted by atomic mass is 10.0. The van der Waals surface area contributed by atoms with Gasteiger partial charge < -0.3 is 10.2 Å². The molecule has 4 rings (SSSR count). The summed E-state index contributed by atoms with van der Waals surface area (Å²) in [5.41, 5.74) is -1.27. The Hall–Kier alpha value is -2.62. The number of benzene rings is 2. The maximum absolute atomic E-state index is 13.2. The largest absolute Gasteiger partial charge is 0.418 e. The van der Waals surface area contributed by atoms with Crippen molar-refractivity contribution in [1.82, 2.24) is 4.90 Å². The van der Waals surface area contributed by atoms with Crippen molar-refractivity contribution in [2.75, 3.05) is 5.32 Å². The van der Waals surface area contributed by atoms with Crippen molar-refractivity contribution in [3.63, 3.8) is 0 Å². The minimum atomic E-state index is -4.61. The summed E-state index contributed by atoms with van der Waals surface area (Å²) in [4.78, 5) is 14.3. The molecule has 2 atom stereocenters. The minimum absolute atomic E-state index is 0.0234. The third kappa shape index (κ3) is 4.13. The standard InChI is InChI=1S/C21H20F4N2O3S/c22-13-5-9-16(10-6-13)31(29,30)17-11-14-7-8-15(12-17)27(14)20(28)26-19-4-2-1-3-18(19)21(23,24)25/h1-6,9-10,14-15,17H,7-8,11-12H2,(H,26,28). The lowest BCUT2D eigenvalue weighted by Crippen LogP contribution is -2.51. The molecule has 5 nitrogen and oxygen atoms in total. The molecule has 2 heterocycles. The van der Waals surface area contributed by atoms with E-state index in [0.717, 1.165) is 18.2 Å². The molecule has 166 valence electrons. The number of nitrogens with zero attached hydrogens (tertiary/aromatic N) is 1. The van der Waals surface area contributed by atoms with Gasteiger partial charge >= 0.3 is 12.2 Å². The average molecular weight is 456 g/mol. The Kier molecular flexibility index (Phi) is 5.45. The summed E-state index contributed by atoms with van der Waals surface area (Å²) in [7, 11) is -3.71. The van der Waals surface area contributed by atoms with Gasteiger partial charge in [-0.2, -0.15) is 13.2 Å². The van der Waals surface area contributed by atoms with Crippen molar-refractivity contribution in [2.45, 2.75) is 54.1 Å². The van der Waals surface area contributed by atoms with Gasteiger partial charge in [-0.15, -0.1) is 0 Å². The number of anilines is 1. The molecule has 1 N–H and O–H groups in total. The Morgan fingerprint density at radius 3 is 2.13 bits per heavy atom. The summed E-state index contributed by atoms with van der Waals surface area (Å²) in [5, 5.41) is 1.62. The molecule has 2 saturated heterocycles. The van der Waals surface area contributed by atoms with Crippen molar-refractivity contribution >= 4 is 21.6 Å². The Morgan fingerprint density at radius 1 is 0.968 bits per heavy atom. The summed E-state index contributed by atoms with van der Waals surface area (Å²) in [6.45, 7) is 0. The second-order valence-electron chi connectivity index (χ2n) is 7.86. The van der Waals surface area contributed by atoms with Crippen molar-refractivity contribution in [3.05, 3.63) is 59.9 Å². The molecule has 10 heteroatoms. The van der Waals surface area contributed by atoms with Crippen LogP contribution in [0.15, 0.2) is 53.4 Å². The predicted octanol–water partition coefficient (Wildman–Crippen LogP) is 4.85. The van der Waals surface area contributed by atoms with Gasteiger partial charge in [0, 0.05) is 12.1 Å². The minimum Gasteiger partial charge on any atom is -0.318 e. The second kappa shape index (κ2) is 7.81. The molecule has 2 unspecified atom stereocenters. The van der Waals surface area contributed by atoms with Crippen LogP contribution < -0.4 is 5.32 Å². The van der Waals surface area contributed by atoms with E-state index < -0.39 is 50.8 Å². The number of para-hydroxylation sites is 1. The molecule has 0 aromatic heterocycles. The van der Waals surface area contributed by atoms with E-state index in [1.54, 1.807) is 0 Å². The van der Waals surface area contributed by atoms with Crippen LogP contribution in [0.3, 0.4) is 0 Å². The highest BCUT2D eigenvalue weighted by Gasteiger charge is 2.47. The number of amides is 2. The van der Waals surface area contributed by atoms with Crippen LogP contribution in [-0.2, 0) is 16.0 Å². The van der Waals surface area contributed by atoms with Gasteiger partial charge in [-0.25, -0.2) is 17.6 Å². The molecule has 2 amide bonds. The van der Waals surface area contributed by atoms with Gasteiger partial charge in [-0.05, 0) is 62.1 Å². The fraction of sp³-hybridized carbons (Fsp3) is 0.381. The molecule has 0 spiro atoms. The summed E-state index contributed by atoms with van der Waals surface area (Å²) in [6, 6.07) is 7.90. The van der Waals surface area contributed by atoms with Crippen molar-refractivity contribution in [2.24, 2.45) is 0 Å². The molecule has 2 aliphatic rings. The summed E-state index contributed by atoms with van der Waals surface area (Å²) >= 11 is 0. The molecule has 0 saturated carbocycles. The third-order valence-electron chi connectivity index (χ3n) is 5.98. The smallest absolute Gasteiger partial charge is 0.318 e. The molecule has 2 aromatic carbocycles. The predicted molar refractivity (Wildman–Crippen MR) is 106 cm³/mol. The van der Waals surface area contributed by atoms with Crippen LogP contribution in [0.1, 0.15) is 31.2 Å². The number of carbonyl (C=O) groups is 1. The van der Waals surface area contributed by atoms with E-state index in [1.165, 1.54) is 35.2 Å². The van der Waals surface area contributed by atoms with Crippen molar-refractivity contribution in [3.8, 4) is 0 Å². The zero-order chi connectivity index (χ0) is 22.4. The van der Waals surface area contributed by atoms with Gasteiger partial charge in [-0.1, -0.05) is 12.1 Å². The molecule has 2 bridgehead atoms. The number of halogens is 4. The number of carbonyl (C=O) groups excluding carboxylic acids is 1. The molecular weight excluding hydrogens is 436 g/mol. The summed E-state index contributed by atoms with van der Waals surface area (Å²) in [5.74, 6) is -0.537. The molecule has 2 fully saturated rings. The quantitative estimate of drug-likeness (QED) is 0.531. The first-order valence-corrected chi connectivity index (χ1v) is 11.4. The van der Waals surface area contributed by atoms with Crippen molar-refractivity contribution in [1.29, 1.82) is 0 Å². The SMILES string of the molecule is O=C(Nc1ccccc1C(F)(F)F)N1C2CCC1CC(S(=O)(=O)c1ccc(F)cc1)C2. The number of hydrogen-bond donors (Lipinski definition) is 1. The summed E-state index contributed by atoms with van der Waals surface area (Å²) < 4.78 is 78.8. The van der Waals surface area contributed by atoms with E-state index in [4.69, 9.17) is 0 Å². The zero-order valence-electron chi connectivity index (χ0n) is 16.3. The van der Waals surface area contributed by atoms with Crippen LogP contribution in [0.4, 0.5) is 28.0 Å². The third-order valence-corrected chi connectivity index (χ3v) is 8.17. The van der Waals surface area contributed by atoms with Crippen LogP contribution >= 0.6 is 0 Å². The topological polar surface area (TPSA) is 66.5 Å². The van der Waals surface area contributed by atoms with Gasteiger partial charge in [0.05, 0.1) is 21.4 Å².